The van der Waals surface area contributed by atoms with E-state index in [9.17, 15) is 13.2 Å². The molecular weight excluding hydrogens is 360 g/mol. The zero-order valence-corrected chi connectivity index (χ0v) is 16.0. The van der Waals surface area contributed by atoms with Crippen molar-refractivity contribution in [1.82, 2.24) is 4.31 Å². The van der Waals surface area contributed by atoms with Gasteiger partial charge in [-0.3, -0.25) is 4.79 Å². The fourth-order valence-corrected chi connectivity index (χ4v) is 5.01. The first-order chi connectivity index (χ1) is 11.8. The highest BCUT2D eigenvalue weighted by Gasteiger charge is 2.24. The molecule has 1 heterocycles. The van der Waals surface area contributed by atoms with E-state index >= 15 is 0 Å². The maximum atomic E-state index is 12.5. The second kappa shape index (κ2) is 6.78. The van der Waals surface area contributed by atoms with Gasteiger partial charge in [0.2, 0.25) is 10.0 Å². The van der Waals surface area contributed by atoms with Crippen LogP contribution in [0.1, 0.15) is 26.5 Å². The van der Waals surface area contributed by atoms with Crippen molar-refractivity contribution in [3.8, 4) is 5.75 Å². The summed E-state index contributed by atoms with van der Waals surface area (Å²) in [6.45, 7) is 0. The van der Waals surface area contributed by atoms with Crippen LogP contribution in [0.2, 0.25) is 0 Å². The van der Waals surface area contributed by atoms with Crippen molar-refractivity contribution in [2.75, 3.05) is 26.5 Å². The van der Waals surface area contributed by atoms with Gasteiger partial charge < -0.3 is 10.1 Å². The number of thiophene rings is 1. The molecule has 0 spiro atoms. The first-order valence-corrected chi connectivity index (χ1v) is 10.1. The molecule has 0 fully saturated rings. The van der Waals surface area contributed by atoms with Crippen LogP contribution in [0.3, 0.4) is 0 Å². The second-order valence-corrected chi connectivity index (χ2v) is 9.28. The van der Waals surface area contributed by atoms with Gasteiger partial charge in [-0.15, -0.1) is 11.3 Å². The normalized spacial score (nSPS) is 13.8. The van der Waals surface area contributed by atoms with Crippen LogP contribution < -0.4 is 10.1 Å². The van der Waals surface area contributed by atoms with Gasteiger partial charge in [0.15, 0.2) is 0 Å². The van der Waals surface area contributed by atoms with Crippen molar-refractivity contribution in [3.63, 3.8) is 0 Å². The van der Waals surface area contributed by atoms with Crippen LogP contribution in [0, 0.1) is 0 Å². The van der Waals surface area contributed by atoms with Crippen LogP contribution in [-0.2, 0) is 22.9 Å². The Kier molecular flexibility index (Phi) is 4.86. The zero-order valence-electron chi connectivity index (χ0n) is 14.3. The molecule has 0 unspecified atom stereocenters. The van der Waals surface area contributed by atoms with Crippen LogP contribution in [0.4, 0.5) is 5.69 Å². The second-order valence-electron chi connectivity index (χ2n) is 6.02. The summed E-state index contributed by atoms with van der Waals surface area (Å²) in [7, 11) is 0.635. The minimum absolute atomic E-state index is 0.0199. The summed E-state index contributed by atoms with van der Waals surface area (Å²) >= 11 is 1.51. The fourth-order valence-electron chi connectivity index (χ4n) is 2.79. The summed E-state index contributed by atoms with van der Waals surface area (Å²) in [5.74, 6) is 0.0135. The van der Waals surface area contributed by atoms with Gasteiger partial charge in [-0.1, -0.05) is 0 Å². The quantitative estimate of drug-likeness (QED) is 0.865. The molecule has 8 heteroatoms. The average Bonchev–Trinajstić information content (AvgIpc) is 3.16. The smallest absolute Gasteiger partial charge is 0.265 e. The molecule has 0 saturated heterocycles. The Morgan fingerprint density at radius 1 is 1.24 bits per heavy atom. The van der Waals surface area contributed by atoms with Crippen molar-refractivity contribution in [1.29, 1.82) is 0 Å². The van der Waals surface area contributed by atoms with Crippen LogP contribution in [0.25, 0.3) is 0 Å². The number of nitrogens with one attached hydrogen (secondary N) is 1. The molecule has 1 N–H and O–H groups in total. The molecule has 1 aromatic carbocycles. The van der Waals surface area contributed by atoms with Gasteiger partial charge in [0.1, 0.15) is 10.6 Å². The molecule has 0 saturated carbocycles. The largest absolute Gasteiger partial charge is 0.495 e. The predicted octanol–water partition coefficient (Wildman–Crippen LogP) is 2.75. The van der Waals surface area contributed by atoms with E-state index in [1.54, 1.807) is 12.1 Å². The van der Waals surface area contributed by atoms with Crippen molar-refractivity contribution in [2.45, 2.75) is 24.2 Å². The monoisotopic (exact) mass is 380 g/mol. The molecule has 1 amide bonds. The third kappa shape index (κ3) is 3.42. The Labute approximate surface area is 151 Å². The van der Waals surface area contributed by atoms with E-state index < -0.39 is 10.0 Å². The topological polar surface area (TPSA) is 75.7 Å². The summed E-state index contributed by atoms with van der Waals surface area (Å²) in [5.41, 5.74) is 1.67. The number of aryl methyl sites for hydroxylation is 2. The number of carbonyl (C=O) groups excluding carboxylic acids is 1. The standard InChI is InChI=1S/C17H20N2O4S2/c1-19(2)25(21,22)16-10-12(7-8-13(16)23-3)18-17(20)15-9-11-5-4-6-14(11)24-15/h7-10H,4-6H2,1-3H3,(H,18,20). The van der Waals surface area contributed by atoms with Gasteiger partial charge in [0, 0.05) is 24.7 Å². The Hall–Kier alpha value is -1.90. The lowest BCUT2D eigenvalue weighted by molar-refractivity contribution is 0.103. The SMILES string of the molecule is COc1ccc(NC(=O)c2cc3c(s2)CCC3)cc1S(=O)(=O)N(C)C. The van der Waals surface area contributed by atoms with E-state index in [-0.39, 0.29) is 16.6 Å². The minimum Gasteiger partial charge on any atom is -0.495 e. The summed E-state index contributed by atoms with van der Waals surface area (Å²) in [4.78, 5) is 14.4. The van der Waals surface area contributed by atoms with E-state index in [0.29, 0.717) is 10.6 Å². The molecule has 25 heavy (non-hydrogen) atoms. The molecule has 0 atom stereocenters. The molecule has 0 aliphatic heterocycles. The highest BCUT2D eigenvalue weighted by Crippen LogP contribution is 2.32. The van der Waals surface area contributed by atoms with E-state index in [0.717, 1.165) is 23.6 Å². The maximum Gasteiger partial charge on any atom is 0.265 e. The number of nitrogens with zero attached hydrogens (tertiary/aromatic N) is 1. The molecule has 2 aromatic rings. The molecule has 0 bridgehead atoms. The number of ether oxygens (including phenoxy) is 1. The third-order valence-corrected chi connectivity index (χ3v) is 7.22. The van der Waals surface area contributed by atoms with Crippen LogP contribution >= 0.6 is 11.3 Å². The van der Waals surface area contributed by atoms with Gasteiger partial charge in [-0.05, 0) is 49.1 Å². The highest BCUT2D eigenvalue weighted by molar-refractivity contribution is 7.89. The first-order valence-electron chi connectivity index (χ1n) is 7.86. The van der Waals surface area contributed by atoms with Gasteiger partial charge in [0.25, 0.3) is 5.91 Å². The molecule has 6 nitrogen and oxygen atoms in total. The number of sulfonamides is 1. The Balaban J connectivity index is 1.88. The molecule has 1 aliphatic rings. The van der Waals surface area contributed by atoms with E-state index in [1.807, 2.05) is 6.07 Å². The predicted molar refractivity (Wildman–Crippen MR) is 98.2 cm³/mol. The number of methoxy groups -OCH3 is 1. The first kappa shape index (κ1) is 17.9. The van der Waals surface area contributed by atoms with E-state index in [1.165, 1.54) is 49.0 Å². The molecular formula is C17H20N2O4S2. The Morgan fingerprint density at radius 3 is 2.64 bits per heavy atom. The molecule has 0 radical (unpaired) electrons. The van der Waals surface area contributed by atoms with E-state index in [2.05, 4.69) is 5.32 Å². The number of hydrogen-bond donors (Lipinski definition) is 1. The van der Waals surface area contributed by atoms with Crippen LogP contribution in [0.15, 0.2) is 29.2 Å². The Bertz CT molecular complexity index is 895. The lowest BCUT2D eigenvalue weighted by Gasteiger charge is -2.15. The third-order valence-electron chi connectivity index (χ3n) is 4.15. The van der Waals surface area contributed by atoms with Gasteiger partial charge in [0.05, 0.1) is 12.0 Å². The number of anilines is 1. The van der Waals surface area contributed by atoms with Crippen molar-refractivity contribution >= 4 is 33.0 Å². The number of amides is 1. The summed E-state index contributed by atoms with van der Waals surface area (Å²) < 4.78 is 31.2. The molecule has 1 aromatic heterocycles. The van der Waals surface area contributed by atoms with Crippen molar-refractivity contribution in [3.05, 3.63) is 39.6 Å². The maximum absolute atomic E-state index is 12.5. The lowest BCUT2D eigenvalue weighted by Crippen LogP contribution is -2.23. The number of hydrogen-bond acceptors (Lipinski definition) is 5. The van der Waals surface area contributed by atoms with Crippen LogP contribution in [0.5, 0.6) is 5.75 Å². The van der Waals surface area contributed by atoms with Gasteiger partial charge in [-0.25, -0.2) is 12.7 Å². The summed E-state index contributed by atoms with van der Waals surface area (Å²) in [6.07, 6.45) is 3.20. The minimum atomic E-state index is -3.68. The van der Waals surface area contributed by atoms with Gasteiger partial charge in [-0.2, -0.15) is 0 Å². The number of benzene rings is 1. The number of carbonyl (C=O) groups is 1. The van der Waals surface area contributed by atoms with Gasteiger partial charge >= 0.3 is 0 Å². The summed E-state index contributed by atoms with van der Waals surface area (Å²) in [6, 6.07) is 6.53. The highest BCUT2D eigenvalue weighted by atomic mass is 32.2. The number of fused-ring (bicyclic) bond motifs is 1. The molecule has 3 rings (SSSR count). The van der Waals surface area contributed by atoms with Crippen molar-refractivity contribution < 1.29 is 17.9 Å². The van der Waals surface area contributed by atoms with Crippen molar-refractivity contribution in [2.24, 2.45) is 0 Å². The Morgan fingerprint density at radius 2 is 2.00 bits per heavy atom. The fraction of sp³-hybridized carbons (Fsp3) is 0.353. The molecule has 1 aliphatic carbocycles. The lowest BCUT2D eigenvalue weighted by atomic mass is 10.2. The van der Waals surface area contributed by atoms with E-state index in [4.69, 9.17) is 4.74 Å². The summed E-state index contributed by atoms with van der Waals surface area (Å²) in [5, 5.41) is 2.78. The average molecular weight is 380 g/mol. The zero-order chi connectivity index (χ0) is 18.2. The van der Waals surface area contributed by atoms with Crippen LogP contribution in [-0.4, -0.2) is 39.8 Å². The number of rotatable bonds is 5. The molecule has 134 valence electrons.